The highest BCUT2D eigenvalue weighted by molar-refractivity contribution is 5.77. The molecular formula is C18H17N3O5. The molecule has 0 fully saturated rings. The summed E-state index contributed by atoms with van der Waals surface area (Å²) in [6.07, 6.45) is 0. The molecule has 1 heterocycles. The number of rotatable bonds is 7. The standard InChI is InChI=1S/C18H17N3O5/c1-25-10-11-26-12-17-19-16-5-3-2-4-15(16)18(22)20(17)13-6-8-14(9-7-13)21(23)24/h2-9H,10-12H2,1H3. The minimum Gasteiger partial charge on any atom is -0.382 e. The number of hydrogen-bond donors (Lipinski definition) is 0. The van der Waals surface area contributed by atoms with Gasteiger partial charge in [0.25, 0.3) is 11.2 Å². The molecule has 8 nitrogen and oxygen atoms in total. The first-order valence-corrected chi connectivity index (χ1v) is 7.94. The first kappa shape index (κ1) is 17.7. The van der Waals surface area contributed by atoms with Gasteiger partial charge in [0.2, 0.25) is 0 Å². The van der Waals surface area contributed by atoms with Gasteiger partial charge in [-0.3, -0.25) is 19.5 Å². The summed E-state index contributed by atoms with van der Waals surface area (Å²) in [5.41, 5.74) is 0.758. The number of para-hydroxylation sites is 1. The molecule has 2 aromatic carbocycles. The molecule has 0 spiro atoms. The zero-order valence-electron chi connectivity index (χ0n) is 14.1. The Kier molecular flexibility index (Phi) is 5.35. The average molecular weight is 355 g/mol. The zero-order valence-corrected chi connectivity index (χ0v) is 14.1. The molecule has 8 heteroatoms. The highest BCUT2D eigenvalue weighted by Crippen LogP contribution is 2.17. The molecule has 0 amide bonds. The molecule has 0 atom stereocenters. The van der Waals surface area contributed by atoms with Crippen molar-refractivity contribution in [3.05, 3.63) is 74.8 Å². The number of nitrogens with zero attached hydrogens (tertiary/aromatic N) is 3. The van der Waals surface area contributed by atoms with E-state index in [0.29, 0.717) is 35.6 Å². The van der Waals surface area contributed by atoms with Crippen LogP contribution in [0, 0.1) is 10.1 Å². The number of non-ortho nitro benzene ring substituents is 1. The fourth-order valence-electron chi connectivity index (χ4n) is 2.57. The SMILES string of the molecule is COCCOCc1nc2ccccc2c(=O)n1-c1ccc([N+](=O)[O-])cc1. The third kappa shape index (κ3) is 3.61. The minimum absolute atomic E-state index is 0.0477. The van der Waals surface area contributed by atoms with E-state index < -0.39 is 4.92 Å². The van der Waals surface area contributed by atoms with Crippen LogP contribution < -0.4 is 5.56 Å². The Hall–Kier alpha value is -3.10. The minimum atomic E-state index is -0.486. The number of fused-ring (bicyclic) bond motifs is 1. The Balaban J connectivity index is 2.09. The van der Waals surface area contributed by atoms with Crippen LogP contribution in [-0.2, 0) is 16.1 Å². The molecule has 0 aliphatic rings. The van der Waals surface area contributed by atoms with E-state index in [1.165, 1.54) is 28.8 Å². The molecule has 3 aromatic rings. The van der Waals surface area contributed by atoms with Crippen LogP contribution in [0.5, 0.6) is 0 Å². The lowest BCUT2D eigenvalue weighted by atomic mass is 10.2. The number of nitro benzene ring substituents is 1. The van der Waals surface area contributed by atoms with Gasteiger partial charge >= 0.3 is 0 Å². The van der Waals surface area contributed by atoms with Gasteiger partial charge in [-0.2, -0.15) is 0 Å². The van der Waals surface area contributed by atoms with Crippen molar-refractivity contribution in [1.29, 1.82) is 0 Å². The van der Waals surface area contributed by atoms with Crippen molar-refractivity contribution >= 4 is 16.6 Å². The average Bonchev–Trinajstić information content (AvgIpc) is 2.65. The van der Waals surface area contributed by atoms with Crippen molar-refractivity contribution in [3.63, 3.8) is 0 Å². The highest BCUT2D eigenvalue weighted by Gasteiger charge is 2.14. The van der Waals surface area contributed by atoms with Crippen molar-refractivity contribution < 1.29 is 14.4 Å². The maximum absolute atomic E-state index is 13.0. The molecule has 0 saturated carbocycles. The van der Waals surface area contributed by atoms with E-state index >= 15 is 0 Å². The van der Waals surface area contributed by atoms with Crippen LogP contribution >= 0.6 is 0 Å². The predicted octanol–water partition coefficient (Wildman–Crippen LogP) is 2.46. The van der Waals surface area contributed by atoms with Crippen molar-refractivity contribution in [2.75, 3.05) is 20.3 Å². The monoisotopic (exact) mass is 355 g/mol. The van der Waals surface area contributed by atoms with Crippen molar-refractivity contribution in [2.45, 2.75) is 6.61 Å². The van der Waals surface area contributed by atoms with Gasteiger partial charge in [-0.15, -0.1) is 0 Å². The molecule has 1 aromatic heterocycles. The summed E-state index contributed by atoms with van der Waals surface area (Å²) in [6.45, 7) is 0.898. The van der Waals surface area contributed by atoms with E-state index in [9.17, 15) is 14.9 Å². The quantitative estimate of drug-likeness (QED) is 0.367. The summed E-state index contributed by atoms with van der Waals surface area (Å²) >= 11 is 0. The van der Waals surface area contributed by atoms with E-state index in [0.717, 1.165) is 0 Å². The Labute approximate surface area is 148 Å². The van der Waals surface area contributed by atoms with Gasteiger partial charge in [0, 0.05) is 19.2 Å². The molecule has 0 saturated heterocycles. The van der Waals surface area contributed by atoms with E-state index in [1.807, 2.05) is 0 Å². The van der Waals surface area contributed by atoms with E-state index in [1.54, 1.807) is 31.4 Å². The van der Waals surface area contributed by atoms with Crippen LogP contribution in [0.4, 0.5) is 5.69 Å². The number of nitro groups is 1. The molecule has 0 aliphatic heterocycles. The molecule has 3 rings (SSSR count). The Bertz CT molecular complexity index is 982. The summed E-state index contributed by atoms with van der Waals surface area (Å²) in [6, 6.07) is 12.8. The van der Waals surface area contributed by atoms with Gasteiger partial charge in [-0.05, 0) is 24.3 Å². The Morgan fingerprint density at radius 2 is 1.85 bits per heavy atom. The second kappa shape index (κ2) is 7.85. The van der Waals surface area contributed by atoms with Gasteiger partial charge in [0.05, 0.1) is 34.7 Å². The molecule has 0 aliphatic carbocycles. The summed E-state index contributed by atoms with van der Waals surface area (Å²) < 4.78 is 11.9. The van der Waals surface area contributed by atoms with Crippen LogP contribution in [0.3, 0.4) is 0 Å². The number of aromatic nitrogens is 2. The Morgan fingerprint density at radius 1 is 1.12 bits per heavy atom. The van der Waals surface area contributed by atoms with E-state index in [2.05, 4.69) is 4.98 Å². The molecular weight excluding hydrogens is 338 g/mol. The van der Waals surface area contributed by atoms with Crippen LogP contribution in [0.25, 0.3) is 16.6 Å². The number of methoxy groups -OCH3 is 1. The van der Waals surface area contributed by atoms with E-state index in [-0.39, 0.29) is 17.9 Å². The predicted molar refractivity (Wildman–Crippen MR) is 95.5 cm³/mol. The van der Waals surface area contributed by atoms with Crippen molar-refractivity contribution in [3.8, 4) is 5.69 Å². The smallest absolute Gasteiger partial charge is 0.269 e. The molecule has 26 heavy (non-hydrogen) atoms. The van der Waals surface area contributed by atoms with Gasteiger partial charge in [-0.25, -0.2) is 4.98 Å². The summed E-state index contributed by atoms with van der Waals surface area (Å²) in [4.78, 5) is 27.9. The Morgan fingerprint density at radius 3 is 2.54 bits per heavy atom. The molecule has 0 unspecified atom stereocenters. The van der Waals surface area contributed by atoms with Crippen molar-refractivity contribution in [2.24, 2.45) is 0 Å². The third-order valence-corrected chi connectivity index (χ3v) is 3.83. The van der Waals surface area contributed by atoms with Gasteiger partial charge in [-0.1, -0.05) is 12.1 Å². The van der Waals surface area contributed by atoms with Gasteiger partial charge < -0.3 is 9.47 Å². The molecule has 0 N–H and O–H groups in total. The first-order valence-electron chi connectivity index (χ1n) is 7.94. The second-order valence-corrected chi connectivity index (χ2v) is 5.50. The summed E-state index contributed by atoms with van der Waals surface area (Å²) in [7, 11) is 1.57. The molecule has 0 radical (unpaired) electrons. The normalized spacial score (nSPS) is 11.0. The topological polar surface area (TPSA) is 96.5 Å². The maximum Gasteiger partial charge on any atom is 0.269 e. The largest absolute Gasteiger partial charge is 0.382 e. The fraction of sp³-hybridized carbons (Fsp3) is 0.222. The molecule has 134 valence electrons. The number of benzene rings is 2. The molecule has 0 bridgehead atoms. The van der Waals surface area contributed by atoms with Crippen LogP contribution in [0.2, 0.25) is 0 Å². The lowest BCUT2D eigenvalue weighted by molar-refractivity contribution is -0.384. The van der Waals surface area contributed by atoms with Gasteiger partial charge in [0.1, 0.15) is 12.4 Å². The lowest BCUT2D eigenvalue weighted by Gasteiger charge is -2.14. The second-order valence-electron chi connectivity index (χ2n) is 5.50. The summed E-state index contributed by atoms with van der Waals surface area (Å²) in [5.74, 6) is 0.415. The zero-order chi connectivity index (χ0) is 18.5. The first-order chi connectivity index (χ1) is 12.6. The van der Waals surface area contributed by atoms with Crippen LogP contribution in [0.1, 0.15) is 5.82 Å². The number of ether oxygens (including phenoxy) is 2. The van der Waals surface area contributed by atoms with Gasteiger partial charge in [0.15, 0.2) is 0 Å². The highest BCUT2D eigenvalue weighted by atomic mass is 16.6. The lowest BCUT2D eigenvalue weighted by Crippen LogP contribution is -2.24. The maximum atomic E-state index is 13.0. The van der Waals surface area contributed by atoms with Crippen molar-refractivity contribution in [1.82, 2.24) is 9.55 Å². The van der Waals surface area contributed by atoms with E-state index in [4.69, 9.17) is 9.47 Å². The van der Waals surface area contributed by atoms with Crippen LogP contribution in [0.15, 0.2) is 53.3 Å². The number of hydrogen-bond acceptors (Lipinski definition) is 6. The third-order valence-electron chi connectivity index (χ3n) is 3.83. The fourth-order valence-corrected chi connectivity index (χ4v) is 2.57. The summed E-state index contributed by atoms with van der Waals surface area (Å²) in [5, 5.41) is 11.3. The van der Waals surface area contributed by atoms with Crippen LogP contribution in [-0.4, -0.2) is 34.8 Å².